The number of rotatable bonds is 11. The average molecular weight is 220 g/mol. The smallest absolute Gasteiger partial charge is 0.207 e. The van der Waals surface area contributed by atoms with Gasteiger partial charge in [0.1, 0.15) is 0 Å². The molecule has 1 unspecified atom stereocenters. The second-order valence-corrected chi connectivity index (χ2v) is 2.90. The van der Waals surface area contributed by atoms with Crippen molar-refractivity contribution in [2.75, 3.05) is 46.7 Å². The van der Waals surface area contributed by atoms with Crippen LogP contribution in [0.5, 0.6) is 0 Å². The summed E-state index contributed by atoms with van der Waals surface area (Å²) in [5.41, 5.74) is 5.39. The van der Waals surface area contributed by atoms with Gasteiger partial charge in [-0.25, -0.2) is 0 Å². The summed E-state index contributed by atoms with van der Waals surface area (Å²) >= 11 is 0. The molecule has 6 nitrogen and oxygen atoms in total. The van der Waals surface area contributed by atoms with Crippen LogP contribution in [0.15, 0.2) is 0 Å². The molecule has 0 aliphatic rings. The lowest BCUT2D eigenvalue weighted by molar-refractivity contribution is -0.110. The molecular weight excluding hydrogens is 200 g/mol. The number of amides is 1. The maximum Gasteiger partial charge on any atom is 0.207 e. The van der Waals surface area contributed by atoms with Crippen molar-refractivity contribution in [1.29, 1.82) is 0 Å². The van der Waals surface area contributed by atoms with E-state index in [4.69, 9.17) is 19.9 Å². The number of hydrogen-bond acceptors (Lipinski definition) is 5. The maximum absolute atomic E-state index is 10.1. The van der Waals surface area contributed by atoms with Crippen LogP contribution in [-0.2, 0) is 19.0 Å². The van der Waals surface area contributed by atoms with Crippen LogP contribution in [0.25, 0.3) is 0 Å². The molecule has 0 aromatic heterocycles. The van der Waals surface area contributed by atoms with Gasteiger partial charge < -0.3 is 25.3 Å². The molecule has 0 aliphatic heterocycles. The number of carbonyl (C=O) groups excluding carboxylic acids is 1. The Kier molecular flexibility index (Phi) is 10.9. The Hall–Kier alpha value is -0.690. The van der Waals surface area contributed by atoms with Gasteiger partial charge >= 0.3 is 0 Å². The zero-order chi connectivity index (χ0) is 11.4. The second kappa shape index (κ2) is 11.4. The standard InChI is InChI=1S/C9H20N2O4/c1-13-2-3-14-4-5-15-7-9(6-10)11-8-12/h8-9H,2-7,10H2,1H3,(H,11,12). The number of nitrogens with two attached hydrogens (primary N) is 1. The van der Waals surface area contributed by atoms with Crippen LogP contribution in [0.2, 0.25) is 0 Å². The minimum atomic E-state index is -0.124. The molecule has 3 N–H and O–H groups in total. The lowest BCUT2D eigenvalue weighted by Gasteiger charge is -2.13. The molecule has 0 saturated carbocycles. The first-order chi connectivity index (χ1) is 7.35. The van der Waals surface area contributed by atoms with E-state index in [1.165, 1.54) is 0 Å². The van der Waals surface area contributed by atoms with E-state index in [9.17, 15) is 4.79 Å². The van der Waals surface area contributed by atoms with Gasteiger partial charge in [0.15, 0.2) is 0 Å². The SMILES string of the molecule is COCCOCCOCC(CN)NC=O. The second-order valence-electron chi connectivity index (χ2n) is 2.90. The molecule has 6 heteroatoms. The van der Waals surface area contributed by atoms with E-state index in [1.54, 1.807) is 7.11 Å². The van der Waals surface area contributed by atoms with E-state index in [0.717, 1.165) is 0 Å². The molecule has 0 fully saturated rings. The molecule has 0 bridgehead atoms. The number of methoxy groups -OCH3 is 1. The third-order valence-electron chi connectivity index (χ3n) is 1.71. The van der Waals surface area contributed by atoms with Crippen molar-refractivity contribution in [3.8, 4) is 0 Å². The summed E-state index contributed by atoms with van der Waals surface area (Å²) < 4.78 is 15.2. The third-order valence-corrected chi connectivity index (χ3v) is 1.71. The molecule has 0 spiro atoms. The Bertz CT molecular complexity index is 146. The van der Waals surface area contributed by atoms with Gasteiger partial charge in [-0.15, -0.1) is 0 Å². The molecule has 0 radical (unpaired) electrons. The molecule has 0 aliphatic carbocycles. The van der Waals surface area contributed by atoms with Gasteiger partial charge in [-0.05, 0) is 0 Å². The molecule has 0 aromatic rings. The summed E-state index contributed by atoms with van der Waals surface area (Å²) in [6, 6.07) is -0.124. The normalized spacial score (nSPS) is 12.4. The van der Waals surface area contributed by atoms with Crippen molar-refractivity contribution in [3.63, 3.8) is 0 Å². The monoisotopic (exact) mass is 220 g/mol. The first-order valence-corrected chi connectivity index (χ1v) is 4.89. The summed E-state index contributed by atoms with van der Waals surface area (Å²) in [4.78, 5) is 10.1. The van der Waals surface area contributed by atoms with Crippen molar-refractivity contribution in [2.24, 2.45) is 5.73 Å². The summed E-state index contributed by atoms with van der Waals surface area (Å²) in [6.07, 6.45) is 0.621. The van der Waals surface area contributed by atoms with Crippen molar-refractivity contribution in [2.45, 2.75) is 6.04 Å². The van der Waals surface area contributed by atoms with Crippen LogP contribution in [0, 0.1) is 0 Å². The maximum atomic E-state index is 10.1. The summed E-state index contributed by atoms with van der Waals surface area (Å²) in [6.45, 7) is 2.92. The predicted octanol–water partition coefficient (Wildman–Crippen LogP) is -1.26. The highest BCUT2D eigenvalue weighted by atomic mass is 16.5. The van der Waals surface area contributed by atoms with Crippen molar-refractivity contribution >= 4 is 6.41 Å². The molecule has 15 heavy (non-hydrogen) atoms. The Morgan fingerprint density at radius 1 is 1.27 bits per heavy atom. The van der Waals surface area contributed by atoms with Crippen LogP contribution in [0.1, 0.15) is 0 Å². The minimum absolute atomic E-state index is 0.124. The highest BCUT2D eigenvalue weighted by molar-refractivity contribution is 5.46. The summed E-state index contributed by atoms with van der Waals surface area (Å²) in [5.74, 6) is 0. The van der Waals surface area contributed by atoms with Gasteiger partial charge in [0, 0.05) is 13.7 Å². The first kappa shape index (κ1) is 14.3. The van der Waals surface area contributed by atoms with E-state index in [0.29, 0.717) is 46.0 Å². The van der Waals surface area contributed by atoms with Crippen LogP contribution in [-0.4, -0.2) is 59.1 Å². The zero-order valence-corrected chi connectivity index (χ0v) is 9.11. The van der Waals surface area contributed by atoms with Crippen LogP contribution in [0.3, 0.4) is 0 Å². The van der Waals surface area contributed by atoms with Gasteiger partial charge in [0.2, 0.25) is 6.41 Å². The van der Waals surface area contributed by atoms with Gasteiger partial charge in [0.05, 0.1) is 39.1 Å². The van der Waals surface area contributed by atoms with Crippen LogP contribution < -0.4 is 11.1 Å². The Morgan fingerprint density at radius 3 is 2.53 bits per heavy atom. The summed E-state index contributed by atoms with van der Waals surface area (Å²) in [5, 5.41) is 2.55. The highest BCUT2D eigenvalue weighted by Crippen LogP contribution is 1.84. The fraction of sp³-hybridized carbons (Fsp3) is 0.889. The quantitative estimate of drug-likeness (QED) is 0.335. The van der Waals surface area contributed by atoms with Gasteiger partial charge in [-0.2, -0.15) is 0 Å². The number of carbonyl (C=O) groups is 1. The average Bonchev–Trinajstić information content (AvgIpc) is 2.26. The van der Waals surface area contributed by atoms with Gasteiger partial charge in [0.25, 0.3) is 0 Å². The van der Waals surface area contributed by atoms with E-state index in [1.807, 2.05) is 0 Å². The van der Waals surface area contributed by atoms with Crippen molar-refractivity contribution in [1.82, 2.24) is 5.32 Å². The largest absolute Gasteiger partial charge is 0.382 e. The van der Waals surface area contributed by atoms with E-state index < -0.39 is 0 Å². The molecular formula is C9H20N2O4. The number of hydrogen-bond donors (Lipinski definition) is 2. The van der Waals surface area contributed by atoms with E-state index >= 15 is 0 Å². The summed E-state index contributed by atoms with van der Waals surface area (Å²) in [7, 11) is 1.62. The molecule has 0 saturated heterocycles. The van der Waals surface area contributed by atoms with Crippen LogP contribution >= 0.6 is 0 Å². The lowest BCUT2D eigenvalue weighted by atomic mass is 10.3. The minimum Gasteiger partial charge on any atom is -0.382 e. The van der Waals surface area contributed by atoms with Crippen molar-refractivity contribution < 1.29 is 19.0 Å². The number of nitrogens with one attached hydrogen (secondary N) is 1. The molecule has 0 aromatic carbocycles. The molecule has 1 atom stereocenters. The molecule has 0 rings (SSSR count). The molecule has 0 heterocycles. The number of ether oxygens (including phenoxy) is 3. The molecule has 90 valence electrons. The Balaban J connectivity index is 3.17. The lowest BCUT2D eigenvalue weighted by Crippen LogP contribution is -2.39. The van der Waals surface area contributed by atoms with E-state index in [-0.39, 0.29) is 6.04 Å². The first-order valence-electron chi connectivity index (χ1n) is 4.89. The third kappa shape index (κ3) is 9.61. The predicted molar refractivity (Wildman–Crippen MR) is 55.6 cm³/mol. The van der Waals surface area contributed by atoms with Gasteiger partial charge in [-0.1, -0.05) is 0 Å². The van der Waals surface area contributed by atoms with Crippen LogP contribution in [0.4, 0.5) is 0 Å². The fourth-order valence-corrected chi connectivity index (χ4v) is 0.868. The Labute approximate surface area is 90.1 Å². The topological polar surface area (TPSA) is 82.8 Å². The van der Waals surface area contributed by atoms with Crippen molar-refractivity contribution in [3.05, 3.63) is 0 Å². The molecule has 1 amide bonds. The Morgan fingerprint density at radius 2 is 1.93 bits per heavy atom. The fourth-order valence-electron chi connectivity index (χ4n) is 0.868. The zero-order valence-electron chi connectivity index (χ0n) is 9.11. The van der Waals surface area contributed by atoms with E-state index in [2.05, 4.69) is 5.32 Å². The van der Waals surface area contributed by atoms with Gasteiger partial charge in [-0.3, -0.25) is 4.79 Å². The highest BCUT2D eigenvalue weighted by Gasteiger charge is 2.03.